The van der Waals surface area contributed by atoms with Gasteiger partial charge in [-0.05, 0) is 12.1 Å². The second kappa shape index (κ2) is 2.70. The summed E-state index contributed by atoms with van der Waals surface area (Å²) in [5.74, 6) is 0. The van der Waals surface area contributed by atoms with Crippen molar-refractivity contribution in [1.29, 1.82) is 0 Å². The van der Waals surface area contributed by atoms with E-state index in [1.54, 1.807) is 6.07 Å². The quantitative estimate of drug-likeness (QED) is 0.574. The molecule has 0 spiro atoms. The van der Waals surface area contributed by atoms with Crippen molar-refractivity contribution >= 4 is 10.9 Å². The van der Waals surface area contributed by atoms with E-state index < -0.39 is 0 Å². The van der Waals surface area contributed by atoms with Crippen LogP contribution in [0.5, 0.6) is 0 Å². The lowest BCUT2D eigenvalue weighted by Gasteiger charge is -1.85. The molecule has 3 heteroatoms. The number of hydrogen-bond acceptors (Lipinski definition) is 3. The van der Waals surface area contributed by atoms with E-state index in [1.807, 2.05) is 24.3 Å². The number of fused-ring (bicyclic) bond motifs is 1. The molecule has 1 aromatic heterocycles. The van der Waals surface area contributed by atoms with Crippen molar-refractivity contribution in [3.63, 3.8) is 0 Å². The first-order chi connectivity index (χ1) is 5.86. The fourth-order valence-corrected chi connectivity index (χ4v) is 1.02. The number of benzene rings is 1. The highest BCUT2D eigenvalue weighted by Crippen LogP contribution is 2.05. The van der Waals surface area contributed by atoms with Crippen LogP contribution in [0.4, 0.5) is 0 Å². The average Bonchev–Trinajstić information content (AvgIpc) is 2.29. The SMILES string of the molecule is O=c1ccc2ccccc2nn1. The molecule has 3 nitrogen and oxygen atoms in total. The lowest BCUT2D eigenvalue weighted by atomic mass is 10.2. The largest absolute Gasteiger partial charge is 0.288 e. The van der Waals surface area contributed by atoms with Gasteiger partial charge in [0.25, 0.3) is 5.56 Å². The first-order valence-corrected chi connectivity index (χ1v) is 3.59. The Hall–Kier alpha value is -1.77. The molecule has 0 aliphatic rings. The van der Waals surface area contributed by atoms with Crippen molar-refractivity contribution in [2.45, 2.75) is 0 Å². The molecule has 2 rings (SSSR count). The summed E-state index contributed by atoms with van der Waals surface area (Å²) in [5.41, 5.74) is 0.422. The maximum atomic E-state index is 10.8. The van der Waals surface area contributed by atoms with E-state index in [-0.39, 0.29) is 5.56 Å². The van der Waals surface area contributed by atoms with Crippen molar-refractivity contribution in [2.75, 3.05) is 0 Å². The highest BCUT2D eigenvalue weighted by molar-refractivity contribution is 5.76. The smallest absolute Gasteiger partial charge is 0.266 e. The molecule has 0 fully saturated rings. The van der Waals surface area contributed by atoms with E-state index >= 15 is 0 Å². The molecule has 0 aliphatic heterocycles. The Bertz CT molecular complexity index is 426. The third-order valence-electron chi connectivity index (χ3n) is 1.60. The van der Waals surface area contributed by atoms with Gasteiger partial charge in [-0.3, -0.25) is 4.79 Å². The van der Waals surface area contributed by atoms with Gasteiger partial charge in [0, 0.05) is 11.5 Å². The molecule has 0 atom stereocenters. The second-order valence-electron chi connectivity index (χ2n) is 2.43. The highest BCUT2D eigenvalue weighted by Gasteiger charge is 1.89. The zero-order valence-corrected chi connectivity index (χ0v) is 6.27. The van der Waals surface area contributed by atoms with Crippen molar-refractivity contribution < 1.29 is 0 Å². The number of rotatable bonds is 0. The molecule has 0 saturated heterocycles. The number of nitrogens with zero attached hydrogens (tertiary/aromatic N) is 2. The Morgan fingerprint density at radius 3 is 2.67 bits per heavy atom. The van der Waals surface area contributed by atoms with Crippen LogP contribution >= 0.6 is 0 Å². The Balaban J connectivity index is 2.94. The van der Waals surface area contributed by atoms with Crippen LogP contribution in [-0.4, -0.2) is 10.2 Å². The van der Waals surface area contributed by atoms with Crippen molar-refractivity contribution in [2.24, 2.45) is 0 Å². The number of hydrogen-bond donors (Lipinski definition) is 0. The molecule has 0 N–H and O–H groups in total. The minimum atomic E-state index is -0.314. The molecule has 58 valence electrons. The molecule has 0 radical (unpaired) electrons. The minimum Gasteiger partial charge on any atom is -0.266 e. The molecule has 0 aliphatic carbocycles. The lowest BCUT2D eigenvalue weighted by molar-refractivity contribution is 1.04. The van der Waals surface area contributed by atoms with Crippen LogP contribution in [0, 0.1) is 0 Å². The van der Waals surface area contributed by atoms with E-state index in [1.165, 1.54) is 6.07 Å². The minimum absolute atomic E-state index is 0.314. The standard InChI is InChI=1S/C9H6N2O/c12-9-6-5-7-3-1-2-4-8(7)10-11-9/h1-6H. The van der Waals surface area contributed by atoms with Gasteiger partial charge in [-0.2, -0.15) is 0 Å². The molecule has 1 aromatic carbocycles. The summed E-state index contributed by atoms with van der Waals surface area (Å²) in [6, 6.07) is 10.6. The monoisotopic (exact) mass is 158 g/mol. The van der Waals surface area contributed by atoms with Gasteiger partial charge in [0.05, 0.1) is 5.52 Å². The van der Waals surface area contributed by atoms with Gasteiger partial charge < -0.3 is 0 Å². The normalized spacial score (nSPS) is 10.0. The molecular weight excluding hydrogens is 152 g/mol. The second-order valence-corrected chi connectivity index (χ2v) is 2.43. The Labute approximate surface area is 68.7 Å². The van der Waals surface area contributed by atoms with Gasteiger partial charge in [0.1, 0.15) is 0 Å². The maximum Gasteiger partial charge on any atom is 0.288 e. The van der Waals surface area contributed by atoms with Crippen LogP contribution in [0.2, 0.25) is 0 Å². The van der Waals surface area contributed by atoms with E-state index in [0.717, 1.165) is 10.9 Å². The van der Waals surface area contributed by atoms with Crippen LogP contribution in [0.3, 0.4) is 0 Å². The van der Waals surface area contributed by atoms with Gasteiger partial charge in [-0.15, -0.1) is 10.2 Å². The topological polar surface area (TPSA) is 42.9 Å². The summed E-state index contributed by atoms with van der Waals surface area (Å²) < 4.78 is 0. The Morgan fingerprint density at radius 2 is 1.75 bits per heavy atom. The zero-order chi connectivity index (χ0) is 8.39. The van der Waals surface area contributed by atoms with Gasteiger partial charge in [0.2, 0.25) is 0 Å². The van der Waals surface area contributed by atoms with Gasteiger partial charge >= 0.3 is 0 Å². The summed E-state index contributed by atoms with van der Waals surface area (Å²) >= 11 is 0. The molecule has 0 amide bonds. The third kappa shape index (κ3) is 1.16. The van der Waals surface area contributed by atoms with Crippen LogP contribution in [-0.2, 0) is 0 Å². The van der Waals surface area contributed by atoms with E-state index in [4.69, 9.17) is 0 Å². The van der Waals surface area contributed by atoms with Gasteiger partial charge in [-0.1, -0.05) is 18.2 Å². The Kier molecular flexibility index (Phi) is 1.55. The fourth-order valence-electron chi connectivity index (χ4n) is 1.02. The van der Waals surface area contributed by atoms with Crippen LogP contribution < -0.4 is 5.56 Å². The van der Waals surface area contributed by atoms with E-state index in [9.17, 15) is 4.79 Å². The van der Waals surface area contributed by atoms with Crippen molar-refractivity contribution in [1.82, 2.24) is 10.2 Å². The molecule has 0 bridgehead atoms. The van der Waals surface area contributed by atoms with Crippen molar-refractivity contribution in [3.05, 3.63) is 46.8 Å². The summed E-state index contributed by atoms with van der Waals surface area (Å²) in [6.07, 6.45) is 0. The van der Waals surface area contributed by atoms with E-state index in [2.05, 4.69) is 10.2 Å². The molecule has 1 heterocycles. The summed E-state index contributed by atoms with van der Waals surface area (Å²) in [4.78, 5) is 10.8. The third-order valence-corrected chi connectivity index (χ3v) is 1.60. The molecule has 0 saturated carbocycles. The summed E-state index contributed by atoms with van der Waals surface area (Å²) in [6.45, 7) is 0. The summed E-state index contributed by atoms with van der Waals surface area (Å²) in [7, 11) is 0. The molecule has 0 unspecified atom stereocenters. The van der Waals surface area contributed by atoms with E-state index in [0.29, 0.717) is 0 Å². The lowest BCUT2D eigenvalue weighted by Crippen LogP contribution is -1.99. The van der Waals surface area contributed by atoms with Crippen LogP contribution in [0.25, 0.3) is 10.9 Å². The summed E-state index contributed by atoms with van der Waals surface area (Å²) in [5, 5.41) is 8.17. The zero-order valence-electron chi connectivity index (χ0n) is 6.27. The Morgan fingerprint density at radius 1 is 0.917 bits per heavy atom. The molecule has 12 heavy (non-hydrogen) atoms. The predicted octanol–water partition coefficient (Wildman–Crippen LogP) is 0.990. The molecular formula is C9H6N2O. The maximum absolute atomic E-state index is 10.8. The van der Waals surface area contributed by atoms with Crippen LogP contribution in [0.1, 0.15) is 0 Å². The highest BCUT2D eigenvalue weighted by atomic mass is 16.1. The van der Waals surface area contributed by atoms with Crippen molar-refractivity contribution in [3.8, 4) is 0 Å². The fraction of sp³-hybridized carbons (Fsp3) is 0. The van der Waals surface area contributed by atoms with Gasteiger partial charge in [-0.25, -0.2) is 0 Å². The average molecular weight is 158 g/mol. The number of aromatic nitrogens is 2. The van der Waals surface area contributed by atoms with Crippen LogP contribution in [0.15, 0.2) is 41.2 Å². The molecule has 2 aromatic rings. The predicted molar refractivity (Wildman–Crippen MR) is 45.8 cm³/mol. The first-order valence-electron chi connectivity index (χ1n) is 3.59. The van der Waals surface area contributed by atoms with Gasteiger partial charge in [0.15, 0.2) is 0 Å². The first kappa shape index (κ1) is 6.91.